The lowest BCUT2D eigenvalue weighted by atomic mass is 9.96. The van der Waals surface area contributed by atoms with Gasteiger partial charge in [-0.2, -0.15) is 0 Å². The van der Waals surface area contributed by atoms with Crippen molar-refractivity contribution < 1.29 is 17.9 Å². The van der Waals surface area contributed by atoms with E-state index in [1.807, 2.05) is 38.1 Å². The van der Waals surface area contributed by atoms with Gasteiger partial charge in [-0.05, 0) is 62.1 Å². The Bertz CT molecular complexity index is 1040. The van der Waals surface area contributed by atoms with Gasteiger partial charge in [0, 0.05) is 29.1 Å². The molecule has 2 aromatic carbocycles. The Morgan fingerprint density at radius 3 is 2.41 bits per heavy atom. The predicted molar refractivity (Wildman–Crippen MR) is 128 cm³/mol. The summed E-state index contributed by atoms with van der Waals surface area (Å²) in [6.45, 7) is 5.09. The maximum absolute atomic E-state index is 12.8. The Hall–Kier alpha value is -1.80. The first-order valence-electron chi connectivity index (χ1n) is 10.6. The van der Waals surface area contributed by atoms with Gasteiger partial charge in [0.2, 0.25) is 15.9 Å². The number of benzene rings is 2. The lowest BCUT2D eigenvalue weighted by molar-refractivity contribution is -0.126. The molecule has 0 saturated carbocycles. The van der Waals surface area contributed by atoms with Crippen molar-refractivity contribution in [2.75, 3.05) is 19.7 Å². The van der Waals surface area contributed by atoms with E-state index < -0.39 is 10.0 Å². The van der Waals surface area contributed by atoms with Gasteiger partial charge in [0.15, 0.2) is 0 Å². The summed E-state index contributed by atoms with van der Waals surface area (Å²) >= 11 is 12.0. The Morgan fingerprint density at radius 2 is 1.81 bits per heavy atom. The average molecular weight is 499 g/mol. The number of sulfonamides is 1. The molecule has 1 aliphatic rings. The van der Waals surface area contributed by atoms with Crippen molar-refractivity contribution in [2.45, 2.75) is 38.5 Å². The van der Waals surface area contributed by atoms with Gasteiger partial charge in [-0.15, -0.1) is 0 Å². The van der Waals surface area contributed by atoms with Gasteiger partial charge in [0.25, 0.3) is 0 Å². The number of hydrogen-bond acceptors (Lipinski definition) is 4. The van der Waals surface area contributed by atoms with Crippen molar-refractivity contribution in [3.8, 4) is 5.75 Å². The fourth-order valence-electron chi connectivity index (χ4n) is 3.76. The number of amides is 1. The van der Waals surface area contributed by atoms with Crippen molar-refractivity contribution in [2.24, 2.45) is 5.92 Å². The van der Waals surface area contributed by atoms with Gasteiger partial charge in [-0.1, -0.05) is 41.4 Å². The Kier molecular flexibility index (Phi) is 8.44. The van der Waals surface area contributed by atoms with E-state index >= 15 is 0 Å². The summed E-state index contributed by atoms with van der Waals surface area (Å²) in [5.41, 5.74) is 1.50. The minimum Gasteiger partial charge on any atom is -0.494 e. The monoisotopic (exact) mass is 498 g/mol. The molecule has 3 rings (SSSR count). The lowest BCUT2D eigenvalue weighted by Gasteiger charge is -2.31. The molecule has 0 bridgehead atoms. The largest absolute Gasteiger partial charge is 0.494 e. The normalized spacial score (nSPS) is 16.5. The smallest absolute Gasteiger partial charge is 0.223 e. The first-order chi connectivity index (χ1) is 15.2. The van der Waals surface area contributed by atoms with Gasteiger partial charge in [-0.3, -0.25) is 4.79 Å². The van der Waals surface area contributed by atoms with Crippen LogP contribution >= 0.6 is 23.2 Å². The number of piperidine rings is 1. The van der Waals surface area contributed by atoms with Crippen LogP contribution in [0.2, 0.25) is 10.0 Å². The van der Waals surface area contributed by atoms with Gasteiger partial charge in [0.05, 0.1) is 18.4 Å². The molecular formula is C23H28Cl2N2O4S. The molecule has 0 unspecified atom stereocenters. The highest BCUT2D eigenvalue weighted by atomic mass is 35.5. The second kappa shape index (κ2) is 10.9. The van der Waals surface area contributed by atoms with Crippen molar-refractivity contribution in [3.05, 3.63) is 63.6 Å². The third-order valence-corrected chi connectivity index (χ3v) is 8.04. The van der Waals surface area contributed by atoms with E-state index in [1.165, 1.54) is 10.4 Å². The number of hydrogen-bond donors (Lipinski definition) is 1. The maximum Gasteiger partial charge on any atom is 0.223 e. The molecule has 2 aromatic rings. The van der Waals surface area contributed by atoms with Crippen LogP contribution in [0.4, 0.5) is 0 Å². The van der Waals surface area contributed by atoms with Gasteiger partial charge in [-0.25, -0.2) is 12.7 Å². The van der Waals surface area contributed by atoms with Gasteiger partial charge < -0.3 is 10.1 Å². The molecule has 174 valence electrons. The summed E-state index contributed by atoms with van der Waals surface area (Å²) in [6.07, 6.45) is 0.963. The van der Waals surface area contributed by atoms with E-state index in [1.54, 1.807) is 12.1 Å². The molecule has 32 heavy (non-hydrogen) atoms. The SMILES string of the molecule is CCOc1ccc([C@H](C)NC(=O)C2CCN(S(=O)(=O)Cc3ccc(Cl)cc3Cl)CC2)cc1. The van der Waals surface area contributed by atoms with Crippen LogP contribution in [0.5, 0.6) is 5.75 Å². The Labute approximate surface area is 199 Å². The molecule has 1 amide bonds. The van der Waals surface area contributed by atoms with Crippen LogP contribution in [0.25, 0.3) is 0 Å². The quantitative estimate of drug-likeness (QED) is 0.566. The fourth-order valence-corrected chi connectivity index (χ4v) is 5.91. The summed E-state index contributed by atoms with van der Waals surface area (Å²) in [5.74, 6) is 0.340. The second-order valence-corrected chi connectivity index (χ2v) is 10.7. The first kappa shape index (κ1) is 24.8. The number of halogens is 2. The number of nitrogens with zero attached hydrogens (tertiary/aromatic N) is 1. The summed E-state index contributed by atoms with van der Waals surface area (Å²) < 4.78 is 32.5. The van der Waals surface area contributed by atoms with E-state index in [0.717, 1.165) is 11.3 Å². The molecule has 0 spiro atoms. The number of carbonyl (C=O) groups is 1. The van der Waals surface area contributed by atoms with Crippen molar-refractivity contribution in [1.82, 2.24) is 9.62 Å². The van der Waals surface area contributed by atoms with Crippen LogP contribution in [0.1, 0.15) is 43.9 Å². The second-order valence-electron chi connectivity index (χ2n) is 7.90. The highest BCUT2D eigenvalue weighted by Gasteiger charge is 2.32. The van der Waals surface area contributed by atoms with Gasteiger partial charge in [0.1, 0.15) is 5.75 Å². The maximum atomic E-state index is 12.8. The van der Waals surface area contributed by atoms with Crippen molar-refractivity contribution in [1.29, 1.82) is 0 Å². The van der Waals surface area contributed by atoms with Gasteiger partial charge >= 0.3 is 0 Å². The van der Waals surface area contributed by atoms with E-state index in [2.05, 4.69) is 5.32 Å². The fraction of sp³-hybridized carbons (Fsp3) is 0.435. The molecule has 1 N–H and O–H groups in total. The van der Waals surface area contributed by atoms with Crippen LogP contribution in [0, 0.1) is 5.92 Å². The number of ether oxygens (including phenoxy) is 1. The molecule has 1 saturated heterocycles. The van der Waals surface area contributed by atoms with Crippen LogP contribution in [0.15, 0.2) is 42.5 Å². The molecule has 6 nitrogen and oxygen atoms in total. The molecule has 0 aliphatic carbocycles. The molecule has 1 heterocycles. The minimum atomic E-state index is -3.53. The molecular weight excluding hydrogens is 471 g/mol. The minimum absolute atomic E-state index is 0.0517. The van der Waals surface area contributed by atoms with E-state index in [-0.39, 0.29) is 23.6 Å². The zero-order valence-corrected chi connectivity index (χ0v) is 20.5. The standard InChI is InChI=1S/C23H28Cl2N2O4S/c1-3-31-21-8-5-17(6-9-21)16(2)26-23(28)18-10-12-27(13-11-18)32(29,30)15-19-4-7-20(24)14-22(19)25/h4-9,14,16,18H,3,10-13,15H2,1-2H3,(H,26,28)/t16-/m0/s1. The molecule has 0 aromatic heterocycles. The Morgan fingerprint density at radius 1 is 1.16 bits per heavy atom. The number of carbonyl (C=O) groups excluding carboxylic acids is 1. The first-order valence-corrected chi connectivity index (χ1v) is 13.0. The topological polar surface area (TPSA) is 75.7 Å². The molecule has 0 radical (unpaired) electrons. The van der Waals surface area contributed by atoms with Crippen LogP contribution in [-0.4, -0.2) is 38.3 Å². The highest BCUT2D eigenvalue weighted by molar-refractivity contribution is 7.88. The molecule has 1 fully saturated rings. The highest BCUT2D eigenvalue weighted by Crippen LogP contribution is 2.27. The molecule has 9 heteroatoms. The van der Waals surface area contributed by atoms with Crippen LogP contribution in [0.3, 0.4) is 0 Å². The summed E-state index contributed by atoms with van der Waals surface area (Å²) in [7, 11) is -3.53. The Balaban J connectivity index is 1.53. The van der Waals surface area contributed by atoms with Crippen molar-refractivity contribution >= 4 is 39.1 Å². The summed E-state index contributed by atoms with van der Waals surface area (Å²) in [6, 6.07) is 12.3. The third-order valence-electron chi connectivity index (χ3n) is 5.62. The molecule has 1 aliphatic heterocycles. The average Bonchev–Trinajstić information content (AvgIpc) is 2.76. The van der Waals surface area contributed by atoms with E-state index in [4.69, 9.17) is 27.9 Å². The number of nitrogens with one attached hydrogen (secondary N) is 1. The van der Waals surface area contributed by atoms with Crippen LogP contribution in [-0.2, 0) is 20.6 Å². The third kappa shape index (κ3) is 6.38. The lowest BCUT2D eigenvalue weighted by Crippen LogP contribution is -2.43. The summed E-state index contributed by atoms with van der Waals surface area (Å²) in [5, 5.41) is 3.84. The zero-order valence-electron chi connectivity index (χ0n) is 18.2. The molecule has 1 atom stereocenters. The zero-order chi connectivity index (χ0) is 23.3. The number of rotatable bonds is 8. The van der Waals surface area contributed by atoms with E-state index in [0.29, 0.717) is 48.1 Å². The summed E-state index contributed by atoms with van der Waals surface area (Å²) in [4.78, 5) is 12.7. The van der Waals surface area contributed by atoms with E-state index in [9.17, 15) is 13.2 Å². The van der Waals surface area contributed by atoms with Crippen molar-refractivity contribution in [3.63, 3.8) is 0 Å². The predicted octanol–water partition coefficient (Wildman–Crippen LogP) is 4.81. The van der Waals surface area contributed by atoms with Crippen LogP contribution < -0.4 is 10.1 Å².